The number of amides is 2. The van der Waals surface area contributed by atoms with E-state index in [1.54, 1.807) is 17.0 Å². The molecule has 2 amide bonds. The Hall–Kier alpha value is -3.18. The van der Waals surface area contributed by atoms with E-state index in [0.717, 1.165) is 17.8 Å². The first-order chi connectivity index (χ1) is 16.4. The second-order valence-corrected chi connectivity index (χ2v) is 10.1. The fraction of sp³-hybridized carbons (Fsp3) is 0.409. The van der Waals surface area contributed by atoms with Crippen molar-refractivity contribution in [2.45, 2.75) is 38.3 Å². The van der Waals surface area contributed by atoms with Crippen molar-refractivity contribution in [2.75, 3.05) is 19.6 Å². The molecule has 1 N–H and O–H groups in total. The minimum Gasteiger partial charge on any atom is -0.477 e. The Morgan fingerprint density at radius 1 is 1.21 bits per heavy atom. The lowest BCUT2D eigenvalue weighted by Gasteiger charge is -2.36. The maximum atomic E-state index is 13.1. The highest BCUT2D eigenvalue weighted by Crippen LogP contribution is 2.31. The highest BCUT2D eigenvalue weighted by molar-refractivity contribution is 7.19. The smallest absolute Gasteiger partial charge is 0.354 e. The molecule has 0 saturated carbocycles. The lowest BCUT2D eigenvalue weighted by atomic mass is 10.0. The summed E-state index contributed by atoms with van der Waals surface area (Å²) in [5.74, 6) is -0.799. The molecule has 5 heterocycles. The van der Waals surface area contributed by atoms with Gasteiger partial charge in [-0.05, 0) is 31.4 Å². The van der Waals surface area contributed by atoms with Gasteiger partial charge in [-0.2, -0.15) is 5.10 Å². The standard InChI is InChI=1S/C22H22ClN5O5S/c23-19-4-3-18(34-19)17-10-13(25-33-17)12-28-16(22(31)32)11-15(24-28)21(30)26-8-5-14(6-9-26)27-7-1-2-20(27)29/h3-4,10-11,14H,1-2,5-9,12H2,(H,31,32). The molecule has 0 unspecified atom stereocenters. The van der Waals surface area contributed by atoms with Crippen LogP contribution < -0.4 is 0 Å². The zero-order valence-electron chi connectivity index (χ0n) is 18.1. The van der Waals surface area contributed by atoms with E-state index in [0.29, 0.717) is 48.1 Å². The van der Waals surface area contributed by atoms with E-state index in [1.165, 1.54) is 22.1 Å². The summed E-state index contributed by atoms with van der Waals surface area (Å²) in [6, 6.07) is 6.71. The van der Waals surface area contributed by atoms with Crippen molar-refractivity contribution in [3.63, 3.8) is 0 Å². The van der Waals surface area contributed by atoms with Gasteiger partial charge < -0.3 is 19.4 Å². The number of halogens is 1. The number of carbonyl (C=O) groups is 3. The summed E-state index contributed by atoms with van der Waals surface area (Å²) in [4.78, 5) is 41.3. The van der Waals surface area contributed by atoms with Gasteiger partial charge in [0.25, 0.3) is 5.91 Å². The van der Waals surface area contributed by atoms with Gasteiger partial charge >= 0.3 is 5.97 Å². The molecule has 0 bridgehead atoms. The average Bonchev–Trinajstić information content (AvgIpc) is 3.61. The maximum absolute atomic E-state index is 13.1. The molecule has 34 heavy (non-hydrogen) atoms. The molecule has 0 radical (unpaired) electrons. The molecule has 2 saturated heterocycles. The van der Waals surface area contributed by atoms with Gasteiger partial charge in [-0.1, -0.05) is 16.8 Å². The van der Waals surface area contributed by atoms with Crippen molar-refractivity contribution in [3.05, 3.63) is 45.7 Å². The summed E-state index contributed by atoms with van der Waals surface area (Å²) in [7, 11) is 0. The summed E-state index contributed by atoms with van der Waals surface area (Å²) in [5, 5.41) is 17.9. The van der Waals surface area contributed by atoms with Gasteiger partial charge in [0.05, 0.1) is 15.8 Å². The van der Waals surface area contributed by atoms with E-state index < -0.39 is 5.97 Å². The van der Waals surface area contributed by atoms with Crippen LogP contribution in [0, 0.1) is 0 Å². The molecule has 0 aromatic carbocycles. The fourth-order valence-electron chi connectivity index (χ4n) is 4.51. The molecule has 5 rings (SSSR count). The number of hydrogen-bond acceptors (Lipinski definition) is 7. The Morgan fingerprint density at radius 2 is 2.00 bits per heavy atom. The van der Waals surface area contributed by atoms with E-state index in [-0.39, 0.29) is 35.8 Å². The van der Waals surface area contributed by atoms with Crippen molar-refractivity contribution in [1.29, 1.82) is 0 Å². The van der Waals surface area contributed by atoms with Crippen LogP contribution in [-0.4, -0.2) is 73.3 Å². The number of piperidine rings is 1. The monoisotopic (exact) mass is 503 g/mol. The first kappa shape index (κ1) is 22.6. The summed E-state index contributed by atoms with van der Waals surface area (Å²) in [6.07, 6.45) is 2.90. The van der Waals surface area contributed by atoms with Crippen LogP contribution >= 0.6 is 22.9 Å². The number of thiophene rings is 1. The Morgan fingerprint density at radius 3 is 2.65 bits per heavy atom. The van der Waals surface area contributed by atoms with Crippen molar-refractivity contribution < 1.29 is 24.0 Å². The van der Waals surface area contributed by atoms with Gasteiger partial charge in [0, 0.05) is 44.2 Å². The molecule has 3 aromatic rings. The number of carboxylic acids is 1. The predicted octanol–water partition coefficient (Wildman–Crippen LogP) is 3.23. The number of rotatable bonds is 6. The third kappa shape index (κ3) is 4.45. The van der Waals surface area contributed by atoms with Gasteiger partial charge in [0.15, 0.2) is 11.5 Å². The average molecular weight is 504 g/mol. The molecule has 0 aliphatic carbocycles. The van der Waals surface area contributed by atoms with Gasteiger partial charge in [-0.25, -0.2) is 4.79 Å². The van der Waals surface area contributed by atoms with Gasteiger partial charge in [-0.15, -0.1) is 11.3 Å². The second-order valence-electron chi connectivity index (χ2n) is 8.38. The third-order valence-corrected chi connectivity index (χ3v) is 7.45. The van der Waals surface area contributed by atoms with Crippen LogP contribution in [0.3, 0.4) is 0 Å². The molecular formula is C22H22ClN5O5S. The number of carbonyl (C=O) groups excluding carboxylic acids is 2. The van der Waals surface area contributed by atoms with Gasteiger partial charge in [-0.3, -0.25) is 14.3 Å². The largest absolute Gasteiger partial charge is 0.477 e. The second kappa shape index (κ2) is 9.22. The van der Waals surface area contributed by atoms with Gasteiger partial charge in [0.2, 0.25) is 5.91 Å². The zero-order chi connectivity index (χ0) is 23.8. The SMILES string of the molecule is O=C(O)c1cc(C(=O)N2CCC(N3CCCC3=O)CC2)nn1Cc1cc(-c2ccc(Cl)s2)on1. The quantitative estimate of drug-likeness (QED) is 0.548. The number of hydrogen-bond donors (Lipinski definition) is 1. The van der Waals surface area contributed by atoms with Crippen LogP contribution in [0.4, 0.5) is 0 Å². The fourth-order valence-corrected chi connectivity index (χ4v) is 5.51. The summed E-state index contributed by atoms with van der Waals surface area (Å²) in [6.45, 7) is 1.82. The number of carboxylic acid groups (broad SMARTS) is 1. The molecular weight excluding hydrogens is 482 g/mol. The minimum atomic E-state index is -1.19. The van der Waals surface area contributed by atoms with E-state index in [1.807, 2.05) is 11.0 Å². The van der Waals surface area contributed by atoms with Crippen molar-refractivity contribution in [2.24, 2.45) is 0 Å². The number of aromatic nitrogens is 3. The molecule has 2 fully saturated rings. The molecule has 2 aliphatic heterocycles. The number of likely N-dealkylation sites (tertiary alicyclic amines) is 2. The first-order valence-corrected chi connectivity index (χ1v) is 12.2. The van der Waals surface area contributed by atoms with Crippen molar-refractivity contribution in [1.82, 2.24) is 24.7 Å². The van der Waals surface area contributed by atoms with Crippen molar-refractivity contribution in [3.8, 4) is 10.6 Å². The van der Waals surface area contributed by atoms with Crippen molar-refractivity contribution >= 4 is 40.7 Å². The van der Waals surface area contributed by atoms with Crippen LogP contribution in [0.25, 0.3) is 10.6 Å². The Kier molecular flexibility index (Phi) is 6.13. The highest BCUT2D eigenvalue weighted by atomic mass is 35.5. The molecule has 10 nitrogen and oxygen atoms in total. The normalized spacial score (nSPS) is 17.0. The van der Waals surface area contributed by atoms with Gasteiger partial charge in [0.1, 0.15) is 11.4 Å². The Balaban J connectivity index is 1.28. The molecule has 2 aliphatic rings. The molecule has 12 heteroatoms. The Bertz CT molecular complexity index is 1240. The molecule has 0 spiro atoms. The first-order valence-electron chi connectivity index (χ1n) is 11.0. The summed E-state index contributed by atoms with van der Waals surface area (Å²) < 4.78 is 7.22. The van der Waals surface area contributed by atoms with Crippen LogP contribution in [0.5, 0.6) is 0 Å². The van der Waals surface area contributed by atoms with Crippen LogP contribution in [0.2, 0.25) is 4.34 Å². The number of aromatic carboxylic acids is 1. The highest BCUT2D eigenvalue weighted by Gasteiger charge is 2.33. The van der Waals surface area contributed by atoms with Crippen LogP contribution in [0.15, 0.2) is 28.8 Å². The van der Waals surface area contributed by atoms with Crippen LogP contribution in [-0.2, 0) is 11.3 Å². The van der Waals surface area contributed by atoms with E-state index in [4.69, 9.17) is 16.1 Å². The van der Waals surface area contributed by atoms with E-state index in [9.17, 15) is 19.5 Å². The Labute approximate surface area is 203 Å². The lowest BCUT2D eigenvalue weighted by Crippen LogP contribution is -2.47. The van der Waals surface area contributed by atoms with E-state index in [2.05, 4.69) is 10.3 Å². The minimum absolute atomic E-state index is 0.0384. The summed E-state index contributed by atoms with van der Waals surface area (Å²) >= 11 is 7.31. The molecule has 178 valence electrons. The lowest BCUT2D eigenvalue weighted by molar-refractivity contribution is -0.130. The molecule has 3 aromatic heterocycles. The predicted molar refractivity (Wildman–Crippen MR) is 123 cm³/mol. The molecule has 0 atom stereocenters. The number of nitrogens with zero attached hydrogens (tertiary/aromatic N) is 5. The van der Waals surface area contributed by atoms with E-state index >= 15 is 0 Å². The topological polar surface area (TPSA) is 122 Å². The zero-order valence-corrected chi connectivity index (χ0v) is 19.7. The third-order valence-electron chi connectivity index (χ3n) is 6.21. The maximum Gasteiger partial charge on any atom is 0.354 e. The van der Waals surface area contributed by atoms with Crippen LogP contribution in [0.1, 0.15) is 52.4 Å². The summed E-state index contributed by atoms with van der Waals surface area (Å²) in [5.41, 5.74) is 0.437.